The molecule has 6 heteroatoms. The lowest BCUT2D eigenvalue weighted by molar-refractivity contribution is 0.0950. The van der Waals surface area contributed by atoms with Crippen LogP contribution in [-0.2, 0) is 0 Å². The molecule has 1 amide bonds. The van der Waals surface area contributed by atoms with Crippen molar-refractivity contribution in [2.24, 2.45) is 0 Å². The van der Waals surface area contributed by atoms with Crippen LogP contribution >= 0.6 is 0 Å². The molecule has 0 atom stereocenters. The zero-order valence-corrected chi connectivity index (χ0v) is 15.4. The van der Waals surface area contributed by atoms with Crippen LogP contribution in [0, 0.1) is 6.92 Å². The van der Waals surface area contributed by atoms with Gasteiger partial charge in [-0.25, -0.2) is 9.97 Å². The Morgan fingerprint density at radius 2 is 1.81 bits per heavy atom. The number of hydrogen-bond acceptors (Lipinski definition) is 5. The fraction of sp³-hybridized carbons (Fsp3) is 0.450. The van der Waals surface area contributed by atoms with E-state index in [1.54, 1.807) is 6.20 Å². The first-order valence-electron chi connectivity index (χ1n) is 9.28. The molecule has 6 nitrogen and oxygen atoms in total. The number of hydrogen-bond donors (Lipinski definition) is 1. The zero-order valence-electron chi connectivity index (χ0n) is 15.4. The first-order chi connectivity index (χ1) is 12.6. The maximum absolute atomic E-state index is 12.7. The predicted molar refractivity (Wildman–Crippen MR) is 102 cm³/mol. The number of rotatable bonds is 4. The van der Waals surface area contributed by atoms with Gasteiger partial charge in [-0.15, -0.1) is 0 Å². The van der Waals surface area contributed by atoms with Gasteiger partial charge in [-0.05, 0) is 26.8 Å². The molecule has 1 N–H and O–H groups in total. The van der Waals surface area contributed by atoms with E-state index in [0.717, 1.165) is 50.4 Å². The molecule has 2 fully saturated rings. The van der Waals surface area contributed by atoms with Crippen LogP contribution in [0.1, 0.15) is 28.8 Å². The summed E-state index contributed by atoms with van der Waals surface area (Å²) in [5.41, 5.74) is 2.76. The molecule has 2 aromatic rings. The van der Waals surface area contributed by atoms with Crippen LogP contribution in [0.15, 0.2) is 30.5 Å². The van der Waals surface area contributed by atoms with Crippen LogP contribution in [-0.4, -0.2) is 60.0 Å². The van der Waals surface area contributed by atoms with E-state index < -0.39 is 0 Å². The van der Waals surface area contributed by atoms with Crippen molar-refractivity contribution >= 4 is 11.7 Å². The summed E-state index contributed by atoms with van der Waals surface area (Å²) in [7, 11) is 2.12. The molecular weight excluding hydrogens is 326 g/mol. The van der Waals surface area contributed by atoms with E-state index in [1.165, 1.54) is 5.56 Å². The molecule has 0 unspecified atom stereocenters. The van der Waals surface area contributed by atoms with Gasteiger partial charge in [-0.1, -0.05) is 29.8 Å². The van der Waals surface area contributed by atoms with Crippen molar-refractivity contribution in [3.63, 3.8) is 0 Å². The predicted octanol–water partition coefficient (Wildman–Crippen LogP) is 2.10. The van der Waals surface area contributed by atoms with Gasteiger partial charge in [0.25, 0.3) is 5.91 Å². The maximum Gasteiger partial charge on any atom is 0.256 e. The SMILES string of the molecule is Cc1ccc(-c2ncc(C(=O)NC3CC3)c(N3CCN(C)CC3)n2)cc1. The highest BCUT2D eigenvalue weighted by Gasteiger charge is 2.28. The summed E-state index contributed by atoms with van der Waals surface area (Å²) in [6.07, 6.45) is 3.82. The van der Waals surface area contributed by atoms with Crippen LogP contribution in [0.3, 0.4) is 0 Å². The summed E-state index contributed by atoms with van der Waals surface area (Å²) in [6.45, 7) is 5.72. The summed E-state index contributed by atoms with van der Waals surface area (Å²) in [6, 6.07) is 8.49. The van der Waals surface area contributed by atoms with Crippen LogP contribution in [0.2, 0.25) is 0 Å². The molecule has 1 aromatic carbocycles. The number of carbonyl (C=O) groups is 1. The van der Waals surface area contributed by atoms with Crippen molar-refractivity contribution in [1.82, 2.24) is 20.2 Å². The normalized spacial score (nSPS) is 18.0. The number of nitrogens with zero attached hydrogens (tertiary/aromatic N) is 4. The van der Waals surface area contributed by atoms with Gasteiger partial charge in [0.1, 0.15) is 11.4 Å². The van der Waals surface area contributed by atoms with Gasteiger partial charge in [-0.3, -0.25) is 4.79 Å². The molecule has 0 spiro atoms. The third-order valence-corrected chi connectivity index (χ3v) is 5.04. The smallest absolute Gasteiger partial charge is 0.256 e. The van der Waals surface area contributed by atoms with Crippen molar-refractivity contribution in [3.05, 3.63) is 41.6 Å². The molecule has 1 saturated carbocycles. The van der Waals surface area contributed by atoms with Gasteiger partial charge in [-0.2, -0.15) is 0 Å². The third kappa shape index (κ3) is 3.70. The molecule has 1 saturated heterocycles. The molecule has 26 heavy (non-hydrogen) atoms. The van der Waals surface area contributed by atoms with Gasteiger partial charge < -0.3 is 15.1 Å². The summed E-state index contributed by atoms with van der Waals surface area (Å²) in [4.78, 5) is 26.5. The van der Waals surface area contributed by atoms with E-state index in [4.69, 9.17) is 4.98 Å². The molecule has 2 heterocycles. The number of aromatic nitrogens is 2. The topological polar surface area (TPSA) is 61.4 Å². The molecule has 0 bridgehead atoms. The average Bonchev–Trinajstić information content (AvgIpc) is 3.46. The van der Waals surface area contributed by atoms with Crippen LogP contribution in [0.25, 0.3) is 11.4 Å². The van der Waals surface area contributed by atoms with Gasteiger partial charge in [0.2, 0.25) is 0 Å². The number of aryl methyl sites for hydroxylation is 1. The highest BCUT2D eigenvalue weighted by Crippen LogP contribution is 2.25. The maximum atomic E-state index is 12.7. The summed E-state index contributed by atoms with van der Waals surface area (Å²) < 4.78 is 0. The lowest BCUT2D eigenvalue weighted by Crippen LogP contribution is -2.45. The molecule has 136 valence electrons. The summed E-state index contributed by atoms with van der Waals surface area (Å²) in [5.74, 6) is 1.36. The monoisotopic (exact) mass is 351 g/mol. The number of nitrogens with one attached hydrogen (secondary N) is 1. The van der Waals surface area contributed by atoms with Crippen molar-refractivity contribution in [2.75, 3.05) is 38.1 Å². The number of likely N-dealkylation sites (N-methyl/N-ethyl adjacent to an activating group) is 1. The lowest BCUT2D eigenvalue weighted by Gasteiger charge is -2.34. The van der Waals surface area contributed by atoms with Gasteiger partial charge in [0.15, 0.2) is 5.82 Å². The van der Waals surface area contributed by atoms with Gasteiger partial charge in [0, 0.05) is 44.0 Å². The number of carbonyl (C=O) groups excluding carboxylic acids is 1. The second-order valence-corrected chi connectivity index (χ2v) is 7.33. The Labute approximate surface area is 154 Å². The first kappa shape index (κ1) is 17.0. The largest absolute Gasteiger partial charge is 0.353 e. The second-order valence-electron chi connectivity index (χ2n) is 7.33. The summed E-state index contributed by atoms with van der Waals surface area (Å²) >= 11 is 0. The van der Waals surface area contributed by atoms with Crippen LogP contribution in [0.5, 0.6) is 0 Å². The summed E-state index contributed by atoms with van der Waals surface area (Å²) in [5, 5.41) is 3.07. The van der Waals surface area contributed by atoms with Crippen LogP contribution in [0.4, 0.5) is 5.82 Å². The van der Waals surface area contributed by atoms with Crippen molar-refractivity contribution in [2.45, 2.75) is 25.8 Å². The standard InChI is InChI=1S/C20H25N5O/c1-14-3-5-15(6-4-14)18-21-13-17(20(26)22-16-7-8-16)19(23-18)25-11-9-24(2)10-12-25/h3-6,13,16H,7-12H2,1-2H3,(H,22,26). The number of benzene rings is 1. The lowest BCUT2D eigenvalue weighted by atomic mass is 10.1. The highest BCUT2D eigenvalue weighted by molar-refractivity contribution is 5.99. The molecule has 1 aliphatic carbocycles. The fourth-order valence-electron chi connectivity index (χ4n) is 3.12. The molecule has 2 aliphatic rings. The first-order valence-corrected chi connectivity index (χ1v) is 9.28. The van der Waals surface area contributed by atoms with E-state index in [2.05, 4.69) is 46.2 Å². The van der Waals surface area contributed by atoms with E-state index >= 15 is 0 Å². The Kier molecular flexibility index (Phi) is 4.59. The molecule has 4 rings (SSSR count). The Hall–Kier alpha value is -2.47. The van der Waals surface area contributed by atoms with E-state index in [0.29, 0.717) is 17.4 Å². The zero-order chi connectivity index (χ0) is 18.1. The average molecular weight is 351 g/mol. The Morgan fingerprint density at radius 3 is 2.46 bits per heavy atom. The van der Waals surface area contributed by atoms with Gasteiger partial charge in [0.05, 0.1) is 0 Å². The number of amides is 1. The Balaban J connectivity index is 1.68. The number of piperazine rings is 1. The Morgan fingerprint density at radius 1 is 1.12 bits per heavy atom. The molecule has 0 radical (unpaired) electrons. The molecule has 1 aromatic heterocycles. The minimum absolute atomic E-state index is 0.0584. The van der Waals surface area contributed by atoms with E-state index in [-0.39, 0.29) is 5.91 Å². The quantitative estimate of drug-likeness (QED) is 0.914. The Bertz CT molecular complexity index is 792. The highest BCUT2D eigenvalue weighted by atomic mass is 16.1. The molecule has 1 aliphatic heterocycles. The van der Waals surface area contributed by atoms with Crippen molar-refractivity contribution in [3.8, 4) is 11.4 Å². The van der Waals surface area contributed by atoms with E-state index in [9.17, 15) is 4.79 Å². The molecular formula is C20H25N5O. The third-order valence-electron chi connectivity index (χ3n) is 5.04. The minimum atomic E-state index is -0.0584. The minimum Gasteiger partial charge on any atom is -0.353 e. The van der Waals surface area contributed by atoms with Crippen molar-refractivity contribution in [1.29, 1.82) is 0 Å². The van der Waals surface area contributed by atoms with Crippen molar-refractivity contribution < 1.29 is 4.79 Å². The fourth-order valence-corrected chi connectivity index (χ4v) is 3.12. The van der Waals surface area contributed by atoms with Crippen LogP contribution < -0.4 is 10.2 Å². The second kappa shape index (κ2) is 7.03. The number of anilines is 1. The van der Waals surface area contributed by atoms with Gasteiger partial charge >= 0.3 is 0 Å². The van der Waals surface area contributed by atoms with E-state index in [1.807, 2.05) is 12.1 Å².